The van der Waals surface area contributed by atoms with E-state index in [2.05, 4.69) is 161 Å². The summed E-state index contributed by atoms with van der Waals surface area (Å²) in [6.07, 6.45) is 16.5. The van der Waals surface area contributed by atoms with Gasteiger partial charge in [-0.1, -0.05) is 147 Å². The molecule has 1 heteroatoms. The third-order valence-corrected chi connectivity index (χ3v) is 9.56. The zero-order chi connectivity index (χ0) is 34.7. The highest BCUT2D eigenvalue weighted by Crippen LogP contribution is 2.41. The van der Waals surface area contributed by atoms with E-state index in [0.29, 0.717) is 0 Å². The highest BCUT2D eigenvalue weighted by molar-refractivity contribution is 6.14. The number of fused-ring (bicyclic) bond motifs is 3. The average Bonchev–Trinajstić information content (AvgIpc) is 3.39. The van der Waals surface area contributed by atoms with Crippen LogP contribution >= 0.6 is 0 Å². The number of allylic oxidation sites excluding steroid dienone is 10. The third-order valence-electron chi connectivity index (χ3n) is 9.56. The Bertz CT molecular complexity index is 2360. The monoisotopic (exact) mass is 635 g/mol. The van der Waals surface area contributed by atoms with Gasteiger partial charge < -0.3 is 4.57 Å². The molecular formula is C48H45N. The topological polar surface area (TPSA) is 4.93 Å². The van der Waals surface area contributed by atoms with E-state index in [0.717, 1.165) is 16.7 Å². The fourth-order valence-electron chi connectivity index (χ4n) is 7.01. The van der Waals surface area contributed by atoms with E-state index in [4.69, 9.17) is 0 Å². The van der Waals surface area contributed by atoms with Crippen LogP contribution in [0.25, 0.3) is 66.3 Å². The summed E-state index contributed by atoms with van der Waals surface area (Å²) in [5.74, 6) is 0. The Morgan fingerprint density at radius 2 is 1.14 bits per heavy atom. The molecule has 0 radical (unpaired) electrons. The molecule has 1 nitrogen and oxygen atoms in total. The molecule has 0 aliphatic carbocycles. The van der Waals surface area contributed by atoms with Crippen LogP contribution in [0.4, 0.5) is 0 Å². The fraction of sp³-hybridized carbons (Fsp3) is 0.125. The molecule has 5 aromatic carbocycles. The van der Waals surface area contributed by atoms with Gasteiger partial charge in [0.1, 0.15) is 0 Å². The van der Waals surface area contributed by atoms with E-state index in [9.17, 15) is 0 Å². The van der Waals surface area contributed by atoms with Crippen LogP contribution in [0.1, 0.15) is 41.7 Å². The molecule has 49 heavy (non-hydrogen) atoms. The Labute approximate surface area is 292 Å². The SMILES string of the molecule is C=C(/C=C\C=C/C)c1ccc(-c2ccc3c4ccc(-c5ccc(-c6ccccc6C)c(C)c5)c(C(=C)/C=C\C=C/C)c4n(C)c3c2)cc1C. The van der Waals surface area contributed by atoms with E-state index in [1.165, 1.54) is 77.4 Å². The summed E-state index contributed by atoms with van der Waals surface area (Å²) < 4.78 is 2.35. The molecule has 0 bridgehead atoms. The molecule has 0 aliphatic heterocycles. The van der Waals surface area contributed by atoms with Gasteiger partial charge in [0.25, 0.3) is 0 Å². The van der Waals surface area contributed by atoms with Gasteiger partial charge in [0.05, 0.1) is 5.52 Å². The second-order valence-corrected chi connectivity index (χ2v) is 12.9. The molecule has 0 aliphatic rings. The minimum Gasteiger partial charge on any atom is -0.343 e. The van der Waals surface area contributed by atoms with Gasteiger partial charge in [-0.05, 0) is 107 Å². The number of hydrogen-bond acceptors (Lipinski definition) is 0. The lowest BCUT2D eigenvalue weighted by atomic mass is 9.89. The summed E-state index contributed by atoms with van der Waals surface area (Å²) in [6, 6.07) is 33.6. The van der Waals surface area contributed by atoms with Crippen molar-refractivity contribution in [2.45, 2.75) is 34.6 Å². The van der Waals surface area contributed by atoms with Crippen LogP contribution < -0.4 is 0 Å². The standard InChI is InChI=1S/C48H45N/c1-9-11-13-17-32(3)40-24-21-37(29-35(40)6)38-22-26-44-45-28-27-43(39-23-25-42(36(7)30-39)41-20-16-15-18-33(41)4)47(34(5)19-14-12-10-2)48(45)49(8)46(44)31-38/h9-31H,3,5H2,1-2,4,6-8H3/b11-9-,12-10-,17-13-,19-14-. The lowest BCUT2D eigenvalue weighted by molar-refractivity contribution is 1.01. The van der Waals surface area contributed by atoms with Gasteiger partial charge in [-0.3, -0.25) is 0 Å². The van der Waals surface area contributed by atoms with Crippen LogP contribution in [-0.4, -0.2) is 4.57 Å². The maximum Gasteiger partial charge on any atom is 0.0574 e. The van der Waals surface area contributed by atoms with E-state index in [1.54, 1.807) is 0 Å². The minimum absolute atomic E-state index is 0.986. The largest absolute Gasteiger partial charge is 0.343 e. The maximum atomic E-state index is 4.61. The quantitative estimate of drug-likeness (QED) is 0.139. The normalized spacial score (nSPS) is 12.1. The predicted molar refractivity (Wildman–Crippen MR) is 217 cm³/mol. The molecule has 0 fully saturated rings. The summed E-state index contributed by atoms with van der Waals surface area (Å²) in [4.78, 5) is 0. The van der Waals surface area contributed by atoms with Crippen LogP contribution in [0.5, 0.6) is 0 Å². The molecule has 0 atom stereocenters. The predicted octanol–water partition coefficient (Wildman–Crippen LogP) is 13.5. The van der Waals surface area contributed by atoms with Crippen molar-refractivity contribution in [3.05, 3.63) is 181 Å². The molecule has 0 amide bonds. The van der Waals surface area contributed by atoms with Gasteiger partial charge in [0.15, 0.2) is 0 Å². The first-order valence-electron chi connectivity index (χ1n) is 17.0. The Kier molecular flexibility index (Phi) is 9.65. The van der Waals surface area contributed by atoms with Gasteiger partial charge in [-0.15, -0.1) is 0 Å². The summed E-state index contributed by atoms with van der Waals surface area (Å²) >= 11 is 0. The third kappa shape index (κ3) is 6.45. The minimum atomic E-state index is 0.986. The second-order valence-electron chi connectivity index (χ2n) is 12.9. The number of benzene rings is 5. The molecule has 0 saturated heterocycles. The van der Waals surface area contributed by atoms with Gasteiger partial charge >= 0.3 is 0 Å². The molecule has 6 aromatic rings. The number of aryl methyl sites for hydroxylation is 4. The van der Waals surface area contributed by atoms with Crippen LogP contribution in [0.3, 0.4) is 0 Å². The first-order chi connectivity index (χ1) is 23.7. The number of rotatable bonds is 9. The average molecular weight is 636 g/mol. The molecule has 1 aromatic heterocycles. The zero-order valence-electron chi connectivity index (χ0n) is 29.6. The maximum absolute atomic E-state index is 4.61. The van der Waals surface area contributed by atoms with Gasteiger partial charge in [0.2, 0.25) is 0 Å². The van der Waals surface area contributed by atoms with Crippen molar-refractivity contribution < 1.29 is 0 Å². The number of hydrogen-bond donors (Lipinski definition) is 0. The first-order valence-corrected chi connectivity index (χ1v) is 17.0. The Morgan fingerprint density at radius 3 is 1.84 bits per heavy atom. The van der Waals surface area contributed by atoms with Crippen LogP contribution in [0.2, 0.25) is 0 Å². The summed E-state index contributed by atoms with van der Waals surface area (Å²) in [5.41, 5.74) is 17.8. The van der Waals surface area contributed by atoms with Crippen LogP contribution in [0, 0.1) is 20.8 Å². The molecule has 6 rings (SSSR count). The van der Waals surface area contributed by atoms with E-state index in [1.807, 2.05) is 38.2 Å². The molecule has 0 N–H and O–H groups in total. The Balaban J connectivity index is 1.50. The highest BCUT2D eigenvalue weighted by atomic mass is 14.9. The van der Waals surface area contributed by atoms with E-state index >= 15 is 0 Å². The summed E-state index contributed by atoms with van der Waals surface area (Å²) in [6.45, 7) is 19.5. The van der Waals surface area contributed by atoms with Crippen molar-refractivity contribution in [1.29, 1.82) is 0 Å². The van der Waals surface area contributed by atoms with E-state index < -0.39 is 0 Å². The summed E-state index contributed by atoms with van der Waals surface area (Å²) in [5, 5.41) is 2.47. The number of nitrogens with zero attached hydrogens (tertiary/aromatic N) is 1. The van der Waals surface area contributed by atoms with E-state index in [-0.39, 0.29) is 0 Å². The van der Waals surface area contributed by atoms with Crippen molar-refractivity contribution >= 4 is 33.0 Å². The fourth-order valence-corrected chi connectivity index (χ4v) is 7.01. The van der Waals surface area contributed by atoms with Crippen molar-refractivity contribution in [2.75, 3.05) is 0 Å². The molecule has 0 unspecified atom stereocenters. The van der Waals surface area contributed by atoms with Crippen molar-refractivity contribution in [3.63, 3.8) is 0 Å². The molecule has 0 saturated carbocycles. The van der Waals surface area contributed by atoms with Crippen LogP contribution in [-0.2, 0) is 7.05 Å². The molecule has 242 valence electrons. The summed E-state index contributed by atoms with van der Waals surface area (Å²) in [7, 11) is 2.19. The molecule has 1 heterocycles. The van der Waals surface area contributed by atoms with Crippen LogP contribution in [0.15, 0.2) is 153 Å². The van der Waals surface area contributed by atoms with Gasteiger partial charge in [-0.25, -0.2) is 0 Å². The smallest absolute Gasteiger partial charge is 0.0574 e. The van der Waals surface area contributed by atoms with Crippen molar-refractivity contribution in [1.82, 2.24) is 4.57 Å². The Hall–Kier alpha value is -5.66. The second kappa shape index (κ2) is 14.2. The Morgan fingerprint density at radius 1 is 0.551 bits per heavy atom. The highest BCUT2D eigenvalue weighted by Gasteiger charge is 2.19. The lowest BCUT2D eigenvalue weighted by Gasteiger charge is -2.16. The first kappa shape index (κ1) is 33.2. The van der Waals surface area contributed by atoms with Gasteiger partial charge in [0, 0.05) is 28.9 Å². The molecule has 0 spiro atoms. The van der Waals surface area contributed by atoms with Gasteiger partial charge in [-0.2, -0.15) is 0 Å². The molecular weight excluding hydrogens is 591 g/mol. The number of aromatic nitrogens is 1. The van der Waals surface area contributed by atoms with Crippen molar-refractivity contribution in [2.24, 2.45) is 7.05 Å². The lowest BCUT2D eigenvalue weighted by Crippen LogP contribution is -1.96. The zero-order valence-corrected chi connectivity index (χ0v) is 29.6. The van der Waals surface area contributed by atoms with Crippen molar-refractivity contribution in [3.8, 4) is 33.4 Å².